The number of para-hydroxylation sites is 2. The molecule has 0 aliphatic carbocycles. The normalized spacial score (nSPS) is 19.5. The first-order valence-corrected chi connectivity index (χ1v) is 10.7. The van der Waals surface area contributed by atoms with Crippen LogP contribution < -0.4 is 5.32 Å². The number of imide groups is 1. The van der Waals surface area contributed by atoms with Crippen molar-refractivity contribution in [1.82, 2.24) is 14.5 Å². The number of methoxy groups -OCH3 is 1. The largest absolute Gasteiger partial charge is 0.394 e. The average Bonchev–Trinajstić information content (AvgIpc) is 3.39. The van der Waals surface area contributed by atoms with Gasteiger partial charge in [-0.1, -0.05) is 43.8 Å². The summed E-state index contributed by atoms with van der Waals surface area (Å²) in [7, 11) is 1.67. The van der Waals surface area contributed by atoms with Gasteiger partial charge in [-0.25, -0.2) is 0 Å². The number of hydrogen-bond donors (Lipinski definition) is 2. The van der Waals surface area contributed by atoms with Crippen molar-refractivity contribution in [2.75, 3.05) is 13.7 Å². The minimum absolute atomic E-state index is 0. The van der Waals surface area contributed by atoms with E-state index in [-0.39, 0.29) is 38.1 Å². The highest BCUT2D eigenvalue weighted by Crippen LogP contribution is 2.49. The van der Waals surface area contributed by atoms with Crippen LogP contribution in [-0.4, -0.2) is 39.8 Å². The molecular weight excluding hydrogens is 418 g/mol. The summed E-state index contributed by atoms with van der Waals surface area (Å²) in [6, 6.07) is 15.5. The van der Waals surface area contributed by atoms with Gasteiger partial charge in [0.05, 0.1) is 40.3 Å². The number of nitrogens with one attached hydrogen (secondary N) is 1. The molecule has 1 unspecified atom stereocenters. The molecule has 0 bridgehead atoms. The van der Waals surface area contributed by atoms with Crippen LogP contribution in [0, 0.1) is 0 Å². The summed E-state index contributed by atoms with van der Waals surface area (Å²) in [5, 5.41) is 16.3. The summed E-state index contributed by atoms with van der Waals surface area (Å²) in [4.78, 5) is 26.2. The van der Waals surface area contributed by atoms with E-state index in [1.54, 1.807) is 7.11 Å². The Bertz CT molecular complexity index is 1540. The van der Waals surface area contributed by atoms with Gasteiger partial charge >= 0.3 is 0 Å². The van der Waals surface area contributed by atoms with Crippen LogP contribution >= 0.6 is 0 Å². The number of aromatic nitrogens is 2. The van der Waals surface area contributed by atoms with Gasteiger partial charge in [0.1, 0.15) is 6.23 Å². The predicted octanol–water partition coefficient (Wildman–Crippen LogP) is 4.50. The van der Waals surface area contributed by atoms with Gasteiger partial charge in [-0.3, -0.25) is 14.9 Å². The zero-order valence-corrected chi connectivity index (χ0v) is 17.3. The molecule has 2 amide bonds. The molecule has 3 aromatic carbocycles. The molecule has 2 atom stereocenters. The summed E-state index contributed by atoms with van der Waals surface area (Å²) >= 11 is 0. The summed E-state index contributed by atoms with van der Waals surface area (Å²) in [5.74, 6) is -0.747. The molecule has 4 heterocycles. The minimum atomic E-state index is -0.375. The first-order valence-electron chi connectivity index (χ1n) is 10.7. The molecule has 166 valence electrons. The minimum Gasteiger partial charge on any atom is -0.394 e. The van der Waals surface area contributed by atoms with E-state index in [9.17, 15) is 14.7 Å². The van der Waals surface area contributed by atoms with Gasteiger partial charge in [0.15, 0.2) is 0 Å². The molecule has 5 aromatic rings. The van der Waals surface area contributed by atoms with Crippen LogP contribution in [0.2, 0.25) is 0 Å². The number of aliphatic hydroxyl groups excluding tert-OH is 1. The topological polar surface area (TPSA) is 85.5 Å². The maximum Gasteiger partial charge on any atom is 0.259 e. The Balaban J connectivity index is 0.00000206. The lowest BCUT2D eigenvalue weighted by atomic mass is 9.96. The van der Waals surface area contributed by atoms with Crippen LogP contribution in [-0.2, 0) is 4.74 Å². The Morgan fingerprint density at radius 3 is 1.97 bits per heavy atom. The van der Waals surface area contributed by atoms with E-state index in [4.69, 9.17) is 4.74 Å². The molecule has 0 radical (unpaired) electrons. The summed E-state index contributed by atoms with van der Waals surface area (Å²) in [5.41, 5.74) is 4.43. The van der Waals surface area contributed by atoms with Crippen LogP contribution in [0.5, 0.6) is 0 Å². The molecular formula is C26H23N3O4. The SMILES string of the molecule is C.CO[C@H]1CC(CO)n2c3ccccc3c3c4c(c5c6ccccc6n1c5c32)C(=O)NC4=O. The van der Waals surface area contributed by atoms with E-state index in [1.807, 2.05) is 48.5 Å². The number of fused-ring (bicyclic) bond motifs is 9. The monoisotopic (exact) mass is 441 g/mol. The van der Waals surface area contributed by atoms with Crippen molar-refractivity contribution in [3.63, 3.8) is 0 Å². The van der Waals surface area contributed by atoms with Crippen molar-refractivity contribution in [1.29, 1.82) is 0 Å². The van der Waals surface area contributed by atoms with Gasteiger partial charge < -0.3 is 19.0 Å². The number of carbonyl (C=O) groups excluding carboxylic acids is 2. The Labute approximate surface area is 189 Å². The van der Waals surface area contributed by atoms with E-state index < -0.39 is 0 Å². The fourth-order valence-electron chi connectivity index (χ4n) is 5.91. The molecule has 7 nitrogen and oxygen atoms in total. The molecule has 0 saturated heterocycles. The molecule has 7 rings (SSSR count). The van der Waals surface area contributed by atoms with Crippen molar-refractivity contribution < 1.29 is 19.4 Å². The van der Waals surface area contributed by atoms with Crippen molar-refractivity contribution in [3.05, 3.63) is 59.7 Å². The maximum absolute atomic E-state index is 13.1. The van der Waals surface area contributed by atoms with Crippen LogP contribution in [0.3, 0.4) is 0 Å². The highest BCUT2D eigenvalue weighted by Gasteiger charge is 2.39. The van der Waals surface area contributed by atoms with Crippen LogP contribution in [0.15, 0.2) is 48.5 Å². The number of rotatable bonds is 2. The Morgan fingerprint density at radius 1 is 0.909 bits per heavy atom. The van der Waals surface area contributed by atoms with Crippen LogP contribution in [0.1, 0.15) is 46.8 Å². The molecule has 2 N–H and O–H groups in total. The fraction of sp³-hybridized carbons (Fsp3) is 0.231. The van der Waals surface area contributed by atoms with E-state index in [0.29, 0.717) is 17.5 Å². The number of benzene rings is 3. The van der Waals surface area contributed by atoms with Crippen LogP contribution in [0.4, 0.5) is 0 Å². The lowest BCUT2D eigenvalue weighted by Gasteiger charge is -2.23. The molecule has 7 heteroatoms. The number of carbonyl (C=O) groups is 2. The first-order chi connectivity index (χ1) is 15.7. The lowest BCUT2D eigenvalue weighted by Crippen LogP contribution is -2.20. The van der Waals surface area contributed by atoms with E-state index >= 15 is 0 Å². The maximum atomic E-state index is 13.1. The number of ether oxygens (including phenoxy) is 1. The van der Waals surface area contributed by atoms with Gasteiger partial charge in [0.25, 0.3) is 11.8 Å². The van der Waals surface area contributed by atoms with Gasteiger partial charge in [0, 0.05) is 40.6 Å². The second-order valence-electron chi connectivity index (χ2n) is 8.52. The Morgan fingerprint density at radius 2 is 1.42 bits per heavy atom. The third-order valence-corrected chi connectivity index (χ3v) is 7.09. The predicted molar refractivity (Wildman–Crippen MR) is 128 cm³/mol. The highest BCUT2D eigenvalue weighted by molar-refractivity contribution is 6.39. The molecule has 2 aromatic heterocycles. The zero-order chi connectivity index (χ0) is 21.7. The second kappa shape index (κ2) is 6.66. The zero-order valence-electron chi connectivity index (χ0n) is 17.3. The second-order valence-corrected chi connectivity index (χ2v) is 8.52. The average molecular weight is 441 g/mol. The molecule has 2 aliphatic heterocycles. The van der Waals surface area contributed by atoms with Gasteiger partial charge in [-0.05, 0) is 12.1 Å². The number of aliphatic hydroxyl groups is 1. The van der Waals surface area contributed by atoms with E-state index in [1.165, 1.54) is 0 Å². The third-order valence-electron chi connectivity index (χ3n) is 7.09. The fourth-order valence-corrected chi connectivity index (χ4v) is 5.91. The molecule has 2 aliphatic rings. The summed E-state index contributed by atoms with van der Waals surface area (Å²) in [6.07, 6.45) is 0.211. The van der Waals surface area contributed by atoms with Gasteiger partial charge in [0.2, 0.25) is 0 Å². The molecule has 0 saturated carbocycles. The standard InChI is InChI=1S/C25H19N3O4.CH4/c1-32-17-10-12(11-29)27-15-8-4-2-6-13(15)18-20-21(25(31)26-24(20)30)19-14-7-3-5-9-16(14)28(17)23(19)22(18)27;/h2-9,12,17,29H,10-11H2,1H3,(H,26,30,31);1H4/t12?,17-;/m0./s1. The third kappa shape index (κ3) is 2.21. The van der Waals surface area contributed by atoms with Gasteiger partial charge in [-0.15, -0.1) is 0 Å². The quantitative estimate of drug-likeness (QED) is 0.395. The van der Waals surface area contributed by atoms with E-state index in [0.717, 1.165) is 43.6 Å². The van der Waals surface area contributed by atoms with Crippen LogP contribution in [0.25, 0.3) is 43.6 Å². The smallest absolute Gasteiger partial charge is 0.259 e. The Kier molecular flexibility index (Phi) is 4.03. The summed E-state index contributed by atoms with van der Waals surface area (Å²) in [6.45, 7) is -0.0693. The van der Waals surface area contributed by atoms with Crippen molar-refractivity contribution >= 4 is 55.4 Å². The summed E-state index contributed by atoms with van der Waals surface area (Å²) < 4.78 is 10.2. The lowest BCUT2D eigenvalue weighted by molar-refractivity contribution is 0.0264. The highest BCUT2D eigenvalue weighted by atomic mass is 16.5. The number of nitrogens with zero attached hydrogens (tertiary/aromatic N) is 2. The van der Waals surface area contributed by atoms with Crippen molar-refractivity contribution in [2.24, 2.45) is 0 Å². The molecule has 0 spiro atoms. The number of amides is 2. The van der Waals surface area contributed by atoms with Gasteiger partial charge in [-0.2, -0.15) is 0 Å². The molecule has 0 fully saturated rings. The van der Waals surface area contributed by atoms with Crippen molar-refractivity contribution in [3.8, 4) is 0 Å². The molecule has 33 heavy (non-hydrogen) atoms. The number of hydrogen-bond acceptors (Lipinski definition) is 4. The first kappa shape index (κ1) is 20.0. The Hall–Kier alpha value is -3.68. The van der Waals surface area contributed by atoms with E-state index in [2.05, 4.69) is 14.5 Å². The van der Waals surface area contributed by atoms with Crippen molar-refractivity contribution in [2.45, 2.75) is 26.1 Å².